The second kappa shape index (κ2) is 5.38. The van der Waals surface area contributed by atoms with Crippen molar-refractivity contribution in [1.29, 1.82) is 0 Å². The molecule has 3 rings (SSSR count). The van der Waals surface area contributed by atoms with Gasteiger partial charge in [-0.1, -0.05) is 0 Å². The zero-order valence-electron chi connectivity index (χ0n) is 12.7. The van der Waals surface area contributed by atoms with Gasteiger partial charge in [0.25, 0.3) is 0 Å². The van der Waals surface area contributed by atoms with Gasteiger partial charge in [0.05, 0.1) is 5.69 Å². The largest absolute Gasteiger partial charge is 0.369 e. The number of hydrogen-bond donors (Lipinski definition) is 1. The number of carbonyl (C=O) groups is 1. The van der Waals surface area contributed by atoms with Gasteiger partial charge in [0, 0.05) is 33.1 Å². The van der Waals surface area contributed by atoms with Gasteiger partial charge in [0.2, 0.25) is 11.9 Å². The zero-order chi connectivity index (χ0) is 15.0. The van der Waals surface area contributed by atoms with Gasteiger partial charge in [-0.3, -0.25) is 14.0 Å². The number of nitrogens with zero attached hydrogens (tertiary/aromatic N) is 5. The molecule has 3 heterocycles. The van der Waals surface area contributed by atoms with Crippen molar-refractivity contribution in [3.63, 3.8) is 0 Å². The number of likely N-dealkylation sites (tertiary alicyclic amines) is 1. The quantitative estimate of drug-likeness (QED) is 0.916. The summed E-state index contributed by atoms with van der Waals surface area (Å²) in [6, 6.07) is 0. The highest BCUT2D eigenvalue weighted by Gasteiger charge is 2.19. The molecular formula is C14H22N6O. The third-order valence-corrected chi connectivity index (χ3v) is 4.18. The molecule has 0 saturated carbocycles. The summed E-state index contributed by atoms with van der Waals surface area (Å²) < 4.78 is 3.66. The standard InChI is InChI=1S/C14H22N6O/c1-10-12-13(18(2)17-10)20(14(15)16-12)9-6-11(21)19-7-4-3-5-8-19/h3-9H2,1-2H3,(H2,15,16). The van der Waals surface area contributed by atoms with Crippen molar-refractivity contribution in [3.05, 3.63) is 5.69 Å². The predicted molar refractivity (Wildman–Crippen MR) is 80.7 cm³/mol. The van der Waals surface area contributed by atoms with Crippen LogP contribution in [0.4, 0.5) is 5.95 Å². The fraction of sp³-hybridized carbons (Fsp3) is 0.643. The van der Waals surface area contributed by atoms with Crippen LogP contribution in [0.25, 0.3) is 11.2 Å². The normalized spacial score (nSPS) is 15.8. The van der Waals surface area contributed by atoms with E-state index in [0.717, 1.165) is 42.8 Å². The van der Waals surface area contributed by atoms with E-state index in [2.05, 4.69) is 10.1 Å². The molecule has 114 valence electrons. The number of carbonyl (C=O) groups excluding carboxylic acids is 1. The highest BCUT2D eigenvalue weighted by atomic mass is 16.2. The first-order valence-corrected chi connectivity index (χ1v) is 7.51. The van der Waals surface area contributed by atoms with Crippen molar-refractivity contribution in [2.75, 3.05) is 18.8 Å². The van der Waals surface area contributed by atoms with Crippen molar-refractivity contribution < 1.29 is 4.79 Å². The Morgan fingerprint density at radius 2 is 2.00 bits per heavy atom. The molecule has 1 amide bonds. The van der Waals surface area contributed by atoms with Gasteiger partial charge < -0.3 is 10.6 Å². The number of fused-ring (bicyclic) bond motifs is 1. The topological polar surface area (TPSA) is 82.0 Å². The Kier molecular flexibility index (Phi) is 3.57. The minimum atomic E-state index is 0.204. The molecule has 0 aromatic carbocycles. The first kappa shape index (κ1) is 13.9. The van der Waals surface area contributed by atoms with Gasteiger partial charge in [-0.2, -0.15) is 5.10 Å². The Bertz CT molecular complexity index is 665. The Balaban J connectivity index is 1.75. The van der Waals surface area contributed by atoms with Crippen molar-refractivity contribution in [2.45, 2.75) is 39.2 Å². The van der Waals surface area contributed by atoms with Gasteiger partial charge in [-0.15, -0.1) is 0 Å². The maximum Gasteiger partial charge on any atom is 0.224 e. The number of hydrogen-bond acceptors (Lipinski definition) is 4. The molecule has 0 bridgehead atoms. The first-order valence-electron chi connectivity index (χ1n) is 7.51. The summed E-state index contributed by atoms with van der Waals surface area (Å²) in [7, 11) is 1.87. The maximum atomic E-state index is 12.3. The van der Waals surface area contributed by atoms with Crippen molar-refractivity contribution in [3.8, 4) is 0 Å². The second-order valence-electron chi connectivity index (χ2n) is 5.69. The van der Waals surface area contributed by atoms with Crippen LogP contribution in [0.15, 0.2) is 0 Å². The van der Waals surface area contributed by atoms with Crippen LogP contribution in [0, 0.1) is 6.92 Å². The third kappa shape index (κ3) is 2.48. The van der Waals surface area contributed by atoms with Crippen LogP contribution in [0.5, 0.6) is 0 Å². The van der Waals surface area contributed by atoms with Gasteiger partial charge in [-0.05, 0) is 26.2 Å². The van der Waals surface area contributed by atoms with Crippen LogP contribution in [-0.4, -0.2) is 43.2 Å². The molecule has 2 aromatic heterocycles. The van der Waals surface area contributed by atoms with E-state index in [1.54, 1.807) is 4.68 Å². The number of nitrogens with two attached hydrogens (primary N) is 1. The summed E-state index contributed by atoms with van der Waals surface area (Å²) in [6.07, 6.45) is 3.92. The lowest BCUT2D eigenvalue weighted by Gasteiger charge is -2.26. The predicted octanol–water partition coefficient (Wildman–Crippen LogP) is 1.06. The molecule has 7 nitrogen and oxygen atoms in total. The van der Waals surface area contributed by atoms with Crippen LogP contribution in [0.3, 0.4) is 0 Å². The van der Waals surface area contributed by atoms with E-state index in [-0.39, 0.29) is 5.91 Å². The Morgan fingerprint density at radius 1 is 1.29 bits per heavy atom. The lowest BCUT2D eigenvalue weighted by atomic mass is 10.1. The van der Waals surface area contributed by atoms with Crippen molar-refractivity contribution in [1.82, 2.24) is 24.2 Å². The Morgan fingerprint density at radius 3 is 2.71 bits per heavy atom. The lowest BCUT2D eigenvalue weighted by molar-refractivity contribution is -0.132. The van der Waals surface area contributed by atoms with Crippen LogP contribution < -0.4 is 5.73 Å². The van der Waals surface area contributed by atoms with Crippen LogP contribution >= 0.6 is 0 Å². The van der Waals surface area contributed by atoms with Gasteiger partial charge in [0.15, 0.2) is 5.65 Å². The van der Waals surface area contributed by atoms with Gasteiger partial charge >= 0.3 is 0 Å². The Hall–Kier alpha value is -2.05. The second-order valence-corrected chi connectivity index (χ2v) is 5.69. The fourth-order valence-corrected chi connectivity index (χ4v) is 3.08. The SMILES string of the molecule is Cc1nn(C)c2c1nc(N)n2CCC(=O)N1CCCCC1. The van der Waals surface area contributed by atoms with E-state index in [4.69, 9.17) is 5.73 Å². The average Bonchev–Trinajstić information content (AvgIpc) is 2.95. The Labute approximate surface area is 123 Å². The molecule has 21 heavy (non-hydrogen) atoms. The summed E-state index contributed by atoms with van der Waals surface area (Å²) >= 11 is 0. The molecule has 0 unspecified atom stereocenters. The van der Waals surface area contributed by atoms with E-state index in [9.17, 15) is 4.79 Å². The number of anilines is 1. The summed E-state index contributed by atoms with van der Waals surface area (Å²) in [5, 5.41) is 4.35. The summed E-state index contributed by atoms with van der Waals surface area (Å²) in [4.78, 5) is 18.6. The molecule has 1 fully saturated rings. The molecule has 2 aromatic rings. The van der Waals surface area contributed by atoms with E-state index in [0.29, 0.717) is 18.9 Å². The number of rotatable bonds is 3. The minimum absolute atomic E-state index is 0.204. The maximum absolute atomic E-state index is 12.3. The average molecular weight is 290 g/mol. The number of aromatic nitrogens is 4. The number of piperidine rings is 1. The molecular weight excluding hydrogens is 268 g/mol. The van der Waals surface area contributed by atoms with Gasteiger partial charge in [0.1, 0.15) is 5.52 Å². The van der Waals surface area contributed by atoms with Gasteiger partial charge in [-0.25, -0.2) is 4.98 Å². The number of imidazole rings is 1. The minimum Gasteiger partial charge on any atom is -0.369 e. The summed E-state index contributed by atoms with van der Waals surface area (Å²) in [5.74, 6) is 0.655. The van der Waals surface area contributed by atoms with E-state index in [1.165, 1.54) is 6.42 Å². The molecule has 1 saturated heterocycles. The van der Waals surface area contributed by atoms with Crippen molar-refractivity contribution >= 4 is 23.0 Å². The van der Waals surface area contributed by atoms with E-state index >= 15 is 0 Å². The molecule has 2 N–H and O–H groups in total. The smallest absolute Gasteiger partial charge is 0.224 e. The highest BCUT2D eigenvalue weighted by Crippen LogP contribution is 2.21. The number of aryl methyl sites for hydroxylation is 3. The monoisotopic (exact) mass is 290 g/mol. The van der Waals surface area contributed by atoms with E-state index < -0.39 is 0 Å². The van der Waals surface area contributed by atoms with Crippen LogP contribution in [-0.2, 0) is 18.4 Å². The molecule has 0 spiro atoms. The molecule has 1 aliphatic heterocycles. The molecule has 0 radical (unpaired) electrons. The fourth-order valence-electron chi connectivity index (χ4n) is 3.08. The van der Waals surface area contributed by atoms with Crippen LogP contribution in [0.1, 0.15) is 31.4 Å². The third-order valence-electron chi connectivity index (χ3n) is 4.18. The number of nitrogen functional groups attached to an aromatic ring is 1. The summed E-state index contributed by atoms with van der Waals surface area (Å²) in [5.41, 5.74) is 8.55. The van der Waals surface area contributed by atoms with E-state index in [1.807, 2.05) is 23.4 Å². The first-order chi connectivity index (χ1) is 10.1. The number of amides is 1. The molecule has 1 aliphatic rings. The highest BCUT2D eigenvalue weighted by molar-refractivity contribution is 5.79. The lowest BCUT2D eigenvalue weighted by Crippen LogP contribution is -2.36. The van der Waals surface area contributed by atoms with Crippen LogP contribution in [0.2, 0.25) is 0 Å². The molecule has 0 aliphatic carbocycles. The molecule has 7 heteroatoms. The molecule has 0 atom stereocenters. The van der Waals surface area contributed by atoms with Crippen molar-refractivity contribution in [2.24, 2.45) is 7.05 Å². The summed E-state index contributed by atoms with van der Waals surface area (Å²) in [6.45, 7) is 4.24. The zero-order valence-corrected chi connectivity index (χ0v) is 12.7.